The summed E-state index contributed by atoms with van der Waals surface area (Å²) >= 11 is 12.3. The van der Waals surface area contributed by atoms with Crippen molar-refractivity contribution in [3.05, 3.63) is 63.1 Å². The SMILES string of the molecule is Cc1ccc2c(c1)[C@H]1CN(C)CC[C@@H]1N2C(=O)c1ccc(Cl)cc1Cl. The fraction of sp³-hybridized carbons (Fsp3) is 0.350. The van der Waals surface area contributed by atoms with E-state index in [1.165, 1.54) is 11.1 Å². The van der Waals surface area contributed by atoms with Gasteiger partial charge in [0.15, 0.2) is 0 Å². The van der Waals surface area contributed by atoms with Crippen molar-refractivity contribution in [1.29, 1.82) is 0 Å². The molecule has 0 aliphatic carbocycles. The molecule has 1 amide bonds. The largest absolute Gasteiger partial charge is 0.306 e. The van der Waals surface area contributed by atoms with Gasteiger partial charge in [-0.1, -0.05) is 40.9 Å². The van der Waals surface area contributed by atoms with Crippen molar-refractivity contribution in [3.63, 3.8) is 0 Å². The zero-order valence-corrected chi connectivity index (χ0v) is 15.8. The Kier molecular flexibility index (Phi) is 4.27. The van der Waals surface area contributed by atoms with Crippen LogP contribution in [0.1, 0.15) is 33.8 Å². The number of fused-ring (bicyclic) bond motifs is 3. The summed E-state index contributed by atoms with van der Waals surface area (Å²) in [4.78, 5) is 17.7. The van der Waals surface area contributed by atoms with Gasteiger partial charge in [0.05, 0.1) is 10.6 Å². The third kappa shape index (κ3) is 2.84. The first-order valence-corrected chi connectivity index (χ1v) is 9.29. The molecule has 2 aromatic rings. The number of carbonyl (C=O) groups is 1. The normalized spacial score (nSPS) is 22.6. The molecule has 0 N–H and O–H groups in total. The molecule has 2 aliphatic heterocycles. The van der Waals surface area contributed by atoms with Crippen LogP contribution in [-0.2, 0) is 0 Å². The van der Waals surface area contributed by atoms with Crippen molar-refractivity contribution in [3.8, 4) is 0 Å². The number of anilines is 1. The second-order valence-corrected chi connectivity index (χ2v) is 7.93. The Morgan fingerprint density at radius 3 is 2.72 bits per heavy atom. The molecule has 2 atom stereocenters. The fourth-order valence-electron chi connectivity index (χ4n) is 4.14. The van der Waals surface area contributed by atoms with Crippen LogP contribution in [-0.4, -0.2) is 37.0 Å². The lowest BCUT2D eigenvalue weighted by Crippen LogP contribution is -2.47. The number of hydrogen-bond donors (Lipinski definition) is 0. The average molecular weight is 375 g/mol. The van der Waals surface area contributed by atoms with Crippen LogP contribution in [0.4, 0.5) is 5.69 Å². The van der Waals surface area contributed by atoms with Gasteiger partial charge in [0.2, 0.25) is 0 Å². The van der Waals surface area contributed by atoms with Crippen molar-refractivity contribution in [2.24, 2.45) is 0 Å². The van der Waals surface area contributed by atoms with Crippen LogP contribution in [0.15, 0.2) is 36.4 Å². The first kappa shape index (κ1) is 16.9. The van der Waals surface area contributed by atoms with Gasteiger partial charge in [-0.05, 0) is 56.8 Å². The number of likely N-dealkylation sites (tertiary alicyclic amines) is 1. The maximum Gasteiger partial charge on any atom is 0.260 e. The summed E-state index contributed by atoms with van der Waals surface area (Å²) < 4.78 is 0. The molecule has 1 saturated heterocycles. The molecule has 1 fully saturated rings. The lowest BCUT2D eigenvalue weighted by atomic mass is 9.88. The molecule has 3 nitrogen and oxygen atoms in total. The molecule has 0 radical (unpaired) electrons. The van der Waals surface area contributed by atoms with Crippen molar-refractivity contribution in [2.75, 3.05) is 25.0 Å². The van der Waals surface area contributed by atoms with E-state index in [1.54, 1.807) is 18.2 Å². The minimum atomic E-state index is -0.0381. The van der Waals surface area contributed by atoms with Gasteiger partial charge >= 0.3 is 0 Å². The lowest BCUT2D eigenvalue weighted by Gasteiger charge is -2.36. The lowest BCUT2D eigenvalue weighted by molar-refractivity contribution is 0.0965. The highest BCUT2D eigenvalue weighted by Crippen LogP contribution is 2.45. The van der Waals surface area contributed by atoms with E-state index in [0.29, 0.717) is 21.5 Å². The number of halogens is 2. The van der Waals surface area contributed by atoms with Gasteiger partial charge < -0.3 is 9.80 Å². The van der Waals surface area contributed by atoms with Crippen LogP contribution in [0, 0.1) is 6.92 Å². The highest BCUT2D eigenvalue weighted by atomic mass is 35.5. The van der Waals surface area contributed by atoms with Crippen LogP contribution >= 0.6 is 23.2 Å². The smallest absolute Gasteiger partial charge is 0.260 e. The standard InChI is InChI=1S/C20H20Cl2N2O/c1-12-3-6-18-15(9-12)16-11-23(2)8-7-19(16)24(18)20(25)14-5-4-13(21)10-17(14)22/h3-6,9-10,16,19H,7-8,11H2,1-2H3/t16-,19+/m1/s1. The number of nitrogens with zero attached hydrogens (tertiary/aromatic N) is 2. The summed E-state index contributed by atoms with van der Waals surface area (Å²) in [6, 6.07) is 11.6. The molecule has 5 heteroatoms. The van der Waals surface area contributed by atoms with E-state index in [2.05, 4.69) is 37.1 Å². The van der Waals surface area contributed by atoms with Crippen molar-refractivity contribution in [2.45, 2.75) is 25.3 Å². The first-order valence-electron chi connectivity index (χ1n) is 8.53. The predicted molar refractivity (Wildman–Crippen MR) is 103 cm³/mol. The summed E-state index contributed by atoms with van der Waals surface area (Å²) in [6.07, 6.45) is 0.964. The zero-order chi connectivity index (χ0) is 17.7. The monoisotopic (exact) mass is 374 g/mol. The van der Waals surface area contributed by atoms with E-state index >= 15 is 0 Å². The molecule has 2 heterocycles. The number of hydrogen-bond acceptors (Lipinski definition) is 2. The maximum absolute atomic E-state index is 13.3. The molecule has 0 bridgehead atoms. The number of aryl methyl sites for hydroxylation is 1. The Balaban J connectivity index is 1.80. The minimum absolute atomic E-state index is 0.0381. The predicted octanol–water partition coefficient (Wildman–Crippen LogP) is 4.75. The van der Waals surface area contributed by atoms with E-state index in [1.807, 2.05) is 4.90 Å². The van der Waals surface area contributed by atoms with Crippen LogP contribution in [0.25, 0.3) is 0 Å². The second-order valence-electron chi connectivity index (χ2n) is 7.09. The molecule has 0 aromatic heterocycles. The summed E-state index contributed by atoms with van der Waals surface area (Å²) in [5.41, 5.74) is 4.03. The molecular weight excluding hydrogens is 355 g/mol. The molecule has 0 spiro atoms. The van der Waals surface area contributed by atoms with Crippen LogP contribution in [0.2, 0.25) is 10.0 Å². The molecule has 130 valence electrons. The Morgan fingerprint density at radius 2 is 1.96 bits per heavy atom. The van der Waals surface area contributed by atoms with Gasteiger partial charge in [0.1, 0.15) is 0 Å². The third-order valence-corrected chi connectivity index (χ3v) is 5.88. The van der Waals surface area contributed by atoms with Crippen molar-refractivity contribution >= 4 is 34.8 Å². The molecule has 2 aromatic carbocycles. The van der Waals surface area contributed by atoms with Crippen molar-refractivity contribution in [1.82, 2.24) is 4.90 Å². The summed E-state index contributed by atoms with van der Waals surface area (Å²) in [5.74, 6) is 0.312. The average Bonchev–Trinajstić information content (AvgIpc) is 2.87. The van der Waals surface area contributed by atoms with Gasteiger partial charge in [-0.25, -0.2) is 0 Å². The van der Waals surface area contributed by atoms with E-state index in [9.17, 15) is 4.79 Å². The zero-order valence-electron chi connectivity index (χ0n) is 14.3. The number of piperidine rings is 1. The number of amides is 1. The van der Waals surface area contributed by atoms with E-state index in [4.69, 9.17) is 23.2 Å². The van der Waals surface area contributed by atoms with Gasteiger partial charge in [-0.3, -0.25) is 4.79 Å². The Labute approximate surface area is 158 Å². The van der Waals surface area contributed by atoms with Crippen molar-refractivity contribution < 1.29 is 4.79 Å². The minimum Gasteiger partial charge on any atom is -0.306 e. The summed E-state index contributed by atoms with van der Waals surface area (Å²) in [7, 11) is 2.15. The molecular formula is C20H20Cl2N2O. The second kappa shape index (κ2) is 6.31. The number of rotatable bonds is 1. The van der Waals surface area contributed by atoms with E-state index in [0.717, 1.165) is 25.2 Å². The first-order chi connectivity index (χ1) is 12.0. The Hall–Kier alpha value is -1.55. The molecule has 0 saturated carbocycles. The molecule has 0 unspecified atom stereocenters. The fourth-order valence-corrected chi connectivity index (χ4v) is 4.63. The quantitative estimate of drug-likeness (QED) is 0.718. The summed E-state index contributed by atoms with van der Waals surface area (Å²) in [5, 5.41) is 0.943. The topological polar surface area (TPSA) is 23.6 Å². The number of carbonyl (C=O) groups excluding carboxylic acids is 1. The van der Waals surface area contributed by atoms with Gasteiger partial charge in [0.25, 0.3) is 5.91 Å². The number of likely N-dealkylation sites (N-methyl/N-ethyl adjacent to an activating group) is 1. The van der Waals surface area contributed by atoms with Crippen LogP contribution < -0.4 is 4.90 Å². The van der Waals surface area contributed by atoms with Gasteiger partial charge in [-0.15, -0.1) is 0 Å². The molecule has 4 rings (SSSR count). The Bertz CT molecular complexity index is 852. The third-order valence-electron chi connectivity index (χ3n) is 5.33. The highest BCUT2D eigenvalue weighted by molar-refractivity contribution is 6.37. The van der Waals surface area contributed by atoms with Gasteiger partial charge in [-0.2, -0.15) is 0 Å². The maximum atomic E-state index is 13.3. The molecule has 25 heavy (non-hydrogen) atoms. The van der Waals surface area contributed by atoms with Gasteiger partial charge in [0, 0.05) is 29.2 Å². The van der Waals surface area contributed by atoms with E-state index < -0.39 is 0 Å². The molecule has 2 aliphatic rings. The van der Waals surface area contributed by atoms with Crippen LogP contribution in [0.5, 0.6) is 0 Å². The number of benzene rings is 2. The highest BCUT2D eigenvalue weighted by Gasteiger charge is 2.44. The summed E-state index contributed by atoms with van der Waals surface area (Å²) in [6.45, 7) is 4.06. The van der Waals surface area contributed by atoms with Crippen LogP contribution in [0.3, 0.4) is 0 Å². The van der Waals surface area contributed by atoms with E-state index in [-0.39, 0.29) is 11.9 Å². The Morgan fingerprint density at radius 1 is 1.16 bits per heavy atom.